The Morgan fingerprint density at radius 2 is 1.67 bits per heavy atom. The molecule has 17 nitrogen and oxygen atoms in total. The quantitative estimate of drug-likeness (QED) is 0.114. The summed E-state index contributed by atoms with van der Waals surface area (Å²) in [5.74, 6) is -0.840. The lowest BCUT2D eigenvalue weighted by atomic mass is 9.91. The van der Waals surface area contributed by atoms with Crippen molar-refractivity contribution < 1.29 is 56.5 Å². The molecule has 2 aromatic heterocycles. The first-order chi connectivity index (χ1) is 21.3. The third-order valence-corrected chi connectivity index (χ3v) is 8.22. The maximum Gasteiger partial charge on any atom is 0.480 e. The second-order valence-electron chi connectivity index (χ2n) is 13.2. The van der Waals surface area contributed by atoms with Crippen LogP contribution in [0.15, 0.2) is 23.5 Å². The number of aromatic nitrogens is 3. The fourth-order valence-corrected chi connectivity index (χ4v) is 5.44. The Labute approximate surface area is 266 Å². The van der Waals surface area contributed by atoms with Crippen LogP contribution in [0.1, 0.15) is 60.3 Å². The lowest BCUT2D eigenvalue weighted by Gasteiger charge is -2.26. The fraction of sp³-hybridized carbons (Fsp3) is 0.679. The first kappa shape index (κ1) is 35.8. The molecule has 46 heavy (non-hydrogen) atoms. The van der Waals surface area contributed by atoms with E-state index in [4.69, 9.17) is 37.3 Å². The predicted octanol–water partition coefficient (Wildman–Crippen LogP) is 3.09. The van der Waals surface area contributed by atoms with E-state index in [-0.39, 0.29) is 0 Å². The van der Waals surface area contributed by atoms with Crippen molar-refractivity contribution in [2.24, 2.45) is 15.8 Å². The van der Waals surface area contributed by atoms with Crippen LogP contribution < -0.4 is 0 Å². The van der Waals surface area contributed by atoms with Crippen LogP contribution in [-0.2, 0) is 51.4 Å². The lowest BCUT2D eigenvalue weighted by molar-refractivity contribution is -0.250. The minimum Gasteiger partial charge on any atom is -0.437 e. The van der Waals surface area contributed by atoms with Gasteiger partial charge < -0.3 is 33.7 Å². The Morgan fingerprint density at radius 1 is 1.07 bits per heavy atom. The normalized spacial score (nSPS) is 25.3. The molecule has 0 bridgehead atoms. The maximum absolute atomic E-state index is 13.6. The van der Waals surface area contributed by atoms with E-state index in [1.165, 1.54) is 6.33 Å². The summed E-state index contributed by atoms with van der Waals surface area (Å²) in [5.41, 5.74) is -1.86. The number of esters is 2. The van der Waals surface area contributed by atoms with Crippen molar-refractivity contribution in [3.05, 3.63) is 24.2 Å². The Hall–Kier alpha value is -3.02. The summed E-state index contributed by atoms with van der Waals surface area (Å²) in [6.45, 7) is 7.90. The van der Waals surface area contributed by atoms with Crippen molar-refractivity contribution in [3.63, 3.8) is 0 Å². The zero-order valence-corrected chi connectivity index (χ0v) is 28.3. The van der Waals surface area contributed by atoms with E-state index in [1.54, 1.807) is 76.4 Å². The molecule has 0 amide bonds. The van der Waals surface area contributed by atoms with E-state index in [0.29, 0.717) is 17.0 Å². The van der Waals surface area contributed by atoms with Crippen LogP contribution in [0, 0.1) is 10.8 Å². The lowest BCUT2D eigenvalue weighted by Crippen LogP contribution is -2.41. The summed E-state index contributed by atoms with van der Waals surface area (Å²) >= 11 is 0. The number of aliphatic hydroxyl groups excluding tert-OH is 1. The summed E-state index contributed by atoms with van der Waals surface area (Å²) < 4.78 is 59.2. The van der Waals surface area contributed by atoms with Gasteiger partial charge in [-0.3, -0.25) is 14.1 Å². The highest BCUT2D eigenvalue weighted by Crippen LogP contribution is 2.53. The molecular weight excluding hydrogens is 629 g/mol. The number of fused-ring (bicyclic) bond motifs is 2. The van der Waals surface area contributed by atoms with E-state index in [1.807, 2.05) is 14.1 Å². The molecule has 256 valence electrons. The van der Waals surface area contributed by atoms with Gasteiger partial charge in [0.25, 0.3) is 6.48 Å². The molecule has 18 heteroatoms. The van der Waals surface area contributed by atoms with Crippen LogP contribution in [0.25, 0.3) is 5.52 Å². The van der Waals surface area contributed by atoms with Crippen LogP contribution in [-0.4, -0.2) is 101 Å². The maximum atomic E-state index is 13.6. The van der Waals surface area contributed by atoms with Crippen molar-refractivity contribution in [2.45, 2.75) is 78.9 Å². The van der Waals surface area contributed by atoms with E-state index < -0.39 is 81.2 Å². The van der Waals surface area contributed by atoms with Gasteiger partial charge in [0, 0.05) is 14.1 Å². The highest BCUT2D eigenvalue weighted by Gasteiger charge is 2.62. The molecule has 4 rings (SSSR count). The SMILES string of the molecule is CN(C)/C=N/c1ncnn2c([C@@H]3O[C@H](COP(=O)(OCOC(=O)C(C)(C)C)OCOC(=O)C(C)(C)C)[C@H]4OC(O)O[C@]43C)ccc12. The van der Waals surface area contributed by atoms with E-state index in [9.17, 15) is 19.3 Å². The summed E-state index contributed by atoms with van der Waals surface area (Å²) in [4.78, 5) is 34.8. The van der Waals surface area contributed by atoms with Gasteiger partial charge in [-0.1, -0.05) is 0 Å². The first-order valence-electron chi connectivity index (χ1n) is 14.4. The van der Waals surface area contributed by atoms with Gasteiger partial charge in [-0.2, -0.15) is 5.10 Å². The van der Waals surface area contributed by atoms with Crippen LogP contribution in [0.5, 0.6) is 0 Å². The molecule has 0 aromatic carbocycles. The number of phosphoric ester groups is 1. The topological polar surface area (TPSA) is 191 Å². The van der Waals surface area contributed by atoms with Gasteiger partial charge >= 0.3 is 19.8 Å². The molecule has 5 atom stereocenters. The third kappa shape index (κ3) is 8.09. The number of carbonyl (C=O) groups is 2. The number of aliphatic hydroxyl groups is 1. The number of phosphoric acid groups is 1. The average Bonchev–Trinajstić information content (AvgIpc) is 3.58. The second-order valence-corrected chi connectivity index (χ2v) is 14.8. The van der Waals surface area contributed by atoms with Gasteiger partial charge in [0.15, 0.2) is 5.82 Å². The van der Waals surface area contributed by atoms with Crippen LogP contribution >= 0.6 is 7.82 Å². The number of hydrogen-bond acceptors (Lipinski definition) is 15. The Bertz CT molecular complexity index is 1450. The van der Waals surface area contributed by atoms with Crippen molar-refractivity contribution in [1.29, 1.82) is 0 Å². The molecule has 2 aromatic rings. The molecule has 0 aliphatic carbocycles. The fourth-order valence-electron chi connectivity index (χ4n) is 4.52. The molecule has 1 N–H and O–H groups in total. The van der Waals surface area contributed by atoms with Gasteiger partial charge in [-0.25, -0.2) is 28.1 Å². The van der Waals surface area contributed by atoms with Crippen molar-refractivity contribution >= 4 is 37.4 Å². The molecule has 0 saturated carbocycles. The minimum absolute atomic E-state index is 0.410. The minimum atomic E-state index is -4.54. The van der Waals surface area contributed by atoms with Gasteiger partial charge in [-0.15, -0.1) is 0 Å². The van der Waals surface area contributed by atoms with E-state index in [2.05, 4.69) is 15.1 Å². The summed E-state index contributed by atoms with van der Waals surface area (Å²) in [7, 11) is -0.885. The Kier molecular flexibility index (Phi) is 10.6. The van der Waals surface area contributed by atoms with E-state index in [0.717, 1.165) is 0 Å². The van der Waals surface area contributed by atoms with Crippen LogP contribution in [0.2, 0.25) is 0 Å². The van der Waals surface area contributed by atoms with Gasteiger partial charge in [-0.05, 0) is 60.6 Å². The molecule has 0 spiro atoms. The highest BCUT2D eigenvalue weighted by atomic mass is 31.2. The Morgan fingerprint density at radius 3 is 2.24 bits per heavy atom. The number of ether oxygens (including phenoxy) is 5. The molecule has 1 unspecified atom stereocenters. The molecule has 2 fully saturated rings. The van der Waals surface area contributed by atoms with Crippen LogP contribution in [0.4, 0.5) is 5.82 Å². The molecule has 2 saturated heterocycles. The van der Waals surface area contributed by atoms with Gasteiger partial charge in [0.05, 0.1) is 29.5 Å². The number of nitrogens with zero attached hydrogens (tertiary/aromatic N) is 5. The van der Waals surface area contributed by atoms with Gasteiger partial charge in [0.2, 0.25) is 13.6 Å². The second kappa shape index (κ2) is 13.6. The smallest absolute Gasteiger partial charge is 0.437 e. The molecule has 4 heterocycles. The van der Waals surface area contributed by atoms with Crippen molar-refractivity contribution in [3.8, 4) is 0 Å². The molecule has 0 radical (unpaired) electrons. The standard InChI is InChI=1S/C28H42N5O12P/c1-26(2,3)23(34)38-15-41-46(37,42-16-39-24(35)27(4,5)6)40-12-19-21-28(7,45-25(36)44-21)20(43-19)17-10-11-18-22(30-14-32(8)9)29-13-31-33(17)18/h10-11,13-14,19-21,25,36H,12,15-16H2,1-9H3/b30-14+/t19-,20+,21-,25?,28+/m1/s1. The van der Waals surface area contributed by atoms with Crippen LogP contribution in [0.3, 0.4) is 0 Å². The van der Waals surface area contributed by atoms with E-state index >= 15 is 0 Å². The number of rotatable bonds is 12. The average molecular weight is 672 g/mol. The summed E-state index contributed by atoms with van der Waals surface area (Å²) in [6, 6.07) is 3.52. The van der Waals surface area contributed by atoms with Crippen molar-refractivity contribution in [1.82, 2.24) is 19.5 Å². The molecule has 2 aliphatic rings. The van der Waals surface area contributed by atoms with Gasteiger partial charge in [0.1, 0.15) is 35.8 Å². The largest absolute Gasteiger partial charge is 0.480 e. The predicted molar refractivity (Wildman–Crippen MR) is 159 cm³/mol. The summed E-state index contributed by atoms with van der Waals surface area (Å²) in [6.07, 6.45) is 0.177. The number of aliphatic imine (C=N–C) groups is 1. The van der Waals surface area contributed by atoms with Crippen molar-refractivity contribution in [2.75, 3.05) is 34.3 Å². The molecular formula is C28H42N5O12P. The number of carbonyl (C=O) groups excluding carboxylic acids is 2. The monoisotopic (exact) mass is 671 g/mol. The summed E-state index contributed by atoms with van der Waals surface area (Å²) in [5, 5.41) is 14.7. The third-order valence-electron chi connectivity index (χ3n) is 6.92. The highest BCUT2D eigenvalue weighted by molar-refractivity contribution is 7.48. The molecule has 2 aliphatic heterocycles. The zero-order valence-electron chi connectivity index (χ0n) is 27.4. The Balaban J connectivity index is 1.54. The number of hydrogen-bond donors (Lipinski definition) is 1. The zero-order chi connectivity index (χ0) is 34.1. The first-order valence-corrected chi connectivity index (χ1v) is 15.9.